The molecule has 31 heavy (non-hydrogen) atoms. The third-order valence-corrected chi connectivity index (χ3v) is 5.96. The van der Waals surface area contributed by atoms with E-state index in [2.05, 4.69) is 10.1 Å². The maximum atomic E-state index is 13.4. The van der Waals surface area contributed by atoms with Crippen LogP contribution in [0, 0.1) is 0 Å². The molecule has 154 valence electrons. The summed E-state index contributed by atoms with van der Waals surface area (Å²) in [5.74, 6) is 0. The van der Waals surface area contributed by atoms with Gasteiger partial charge in [-0.3, -0.25) is 9.36 Å². The summed E-state index contributed by atoms with van der Waals surface area (Å²) in [7, 11) is 0. The van der Waals surface area contributed by atoms with Crippen molar-refractivity contribution in [1.82, 2.24) is 19.2 Å². The maximum absolute atomic E-state index is 13.4. The molecule has 0 aliphatic heterocycles. The zero-order valence-corrected chi connectivity index (χ0v) is 18.0. The van der Waals surface area contributed by atoms with E-state index in [0.717, 1.165) is 16.5 Å². The number of aromatic nitrogens is 4. The molecule has 0 radical (unpaired) electrons. The van der Waals surface area contributed by atoms with Crippen molar-refractivity contribution in [3.8, 4) is 16.8 Å². The number of pyridine rings is 1. The van der Waals surface area contributed by atoms with Gasteiger partial charge in [-0.05, 0) is 42.1 Å². The van der Waals surface area contributed by atoms with Crippen LogP contribution in [0.5, 0.6) is 0 Å². The third kappa shape index (κ3) is 3.20. The number of rotatable bonds is 3. The minimum Gasteiger partial charge on any atom is -0.323 e. The molecule has 0 aliphatic carbocycles. The summed E-state index contributed by atoms with van der Waals surface area (Å²) in [5, 5.41) is 6.31. The molecule has 0 unspecified atom stereocenters. The average molecular weight is 450 g/mol. The average Bonchev–Trinajstić information content (AvgIpc) is 3.24. The van der Waals surface area contributed by atoms with Gasteiger partial charge in [0.1, 0.15) is 5.15 Å². The van der Waals surface area contributed by atoms with E-state index in [4.69, 9.17) is 28.9 Å². The summed E-state index contributed by atoms with van der Waals surface area (Å²) >= 11 is 12.9. The smallest absolute Gasteiger partial charge is 0.264 e. The van der Waals surface area contributed by atoms with Crippen molar-refractivity contribution in [3.05, 3.63) is 93.2 Å². The topological polar surface area (TPSA) is 78.2 Å². The van der Waals surface area contributed by atoms with E-state index in [1.807, 2.05) is 49.4 Å². The third-order valence-electron chi connectivity index (χ3n) is 5.28. The van der Waals surface area contributed by atoms with E-state index in [9.17, 15) is 4.79 Å². The van der Waals surface area contributed by atoms with Gasteiger partial charge in [-0.1, -0.05) is 47.5 Å². The Hall–Kier alpha value is -3.19. The number of benzene rings is 2. The second-order valence-corrected chi connectivity index (χ2v) is 8.08. The summed E-state index contributed by atoms with van der Waals surface area (Å²) in [5.41, 5.74) is 9.65. The van der Waals surface area contributed by atoms with Gasteiger partial charge in [0.2, 0.25) is 0 Å². The number of halogens is 2. The molecule has 3 heterocycles. The Balaban J connectivity index is 1.68. The molecule has 0 saturated heterocycles. The number of fused-ring (bicyclic) bond motifs is 2. The molecular weight excluding hydrogens is 433 g/mol. The van der Waals surface area contributed by atoms with Crippen LogP contribution < -0.4 is 11.3 Å². The normalized spacial score (nSPS) is 12.5. The Morgan fingerprint density at radius 3 is 2.58 bits per heavy atom. The van der Waals surface area contributed by atoms with E-state index in [1.165, 1.54) is 0 Å². The summed E-state index contributed by atoms with van der Waals surface area (Å²) in [6, 6.07) is 16.2. The fourth-order valence-electron chi connectivity index (χ4n) is 3.77. The Morgan fingerprint density at radius 2 is 1.84 bits per heavy atom. The van der Waals surface area contributed by atoms with Crippen molar-refractivity contribution in [1.29, 1.82) is 0 Å². The van der Waals surface area contributed by atoms with E-state index in [0.29, 0.717) is 32.6 Å². The lowest BCUT2D eigenvalue weighted by atomic mass is 10.1. The molecular formula is C23H17Cl2N5O. The standard InChI is InChI=1S/C23H17Cl2N5O/c1-13(26)19-11-15-3-2-4-18(24)21(15)23(31)29(19)16-7-5-14(6-8-16)17-12-27-20-9-10-28-30(20)22(17)25/h2-13H,26H2,1H3/t13-/m0/s1. The van der Waals surface area contributed by atoms with Crippen LogP contribution in [0.4, 0.5) is 0 Å². The van der Waals surface area contributed by atoms with E-state index < -0.39 is 0 Å². The predicted octanol–water partition coefficient (Wildman–Crippen LogP) is 5.03. The van der Waals surface area contributed by atoms with Crippen LogP contribution in [0.25, 0.3) is 33.2 Å². The minimum atomic E-state index is -0.350. The first kappa shape index (κ1) is 19.8. The van der Waals surface area contributed by atoms with Crippen LogP contribution in [0.2, 0.25) is 10.2 Å². The molecule has 5 aromatic rings. The molecule has 8 heteroatoms. The first-order chi connectivity index (χ1) is 15.0. The lowest BCUT2D eigenvalue weighted by Crippen LogP contribution is -2.25. The Morgan fingerprint density at radius 1 is 1.06 bits per heavy atom. The second kappa shape index (κ2) is 7.50. The van der Waals surface area contributed by atoms with Crippen molar-refractivity contribution in [2.24, 2.45) is 5.73 Å². The molecule has 6 nitrogen and oxygen atoms in total. The highest BCUT2D eigenvalue weighted by Gasteiger charge is 2.16. The van der Waals surface area contributed by atoms with Gasteiger partial charge in [-0.2, -0.15) is 5.10 Å². The molecule has 0 bridgehead atoms. The minimum absolute atomic E-state index is 0.208. The van der Waals surface area contributed by atoms with Crippen molar-refractivity contribution in [3.63, 3.8) is 0 Å². The number of nitrogens with two attached hydrogens (primary N) is 1. The van der Waals surface area contributed by atoms with Crippen LogP contribution >= 0.6 is 23.2 Å². The number of nitrogens with zero attached hydrogens (tertiary/aromatic N) is 4. The number of hydrogen-bond acceptors (Lipinski definition) is 4. The highest BCUT2D eigenvalue weighted by Crippen LogP contribution is 2.29. The van der Waals surface area contributed by atoms with Gasteiger partial charge in [0.25, 0.3) is 5.56 Å². The Bertz CT molecular complexity index is 1500. The summed E-state index contributed by atoms with van der Waals surface area (Å²) in [6.07, 6.45) is 3.36. The summed E-state index contributed by atoms with van der Waals surface area (Å²) < 4.78 is 3.19. The predicted molar refractivity (Wildman–Crippen MR) is 124 cm³/mol. The van der Waals surface area contributed by atoms with Gasteiger partial charge in [-0.15, -0.1) is 0 Å². The molecule has 5 rings (SSSR count). The molecule has 3 aromatic heterocycles. The van der Waals surface area contributed by atoms with Crippen LogP contribution in [0.1, 0.15) is 18.7 Å². The first-order valence-corrected chi connectivity index (χ1v) is 10.4. The van der Waals surface area contributed by atoms with Crippen molar-refractivity contribution < 1.29 is 0 Å². The van der Waals surface area contributed by atoms with E-state index >= 15 is 0 Å². The van der Waals surface area contributed by atoms with E-state index in [-0.39, 0.29) is 11.6 Å². The van der Waals surface area contributed by atoms with Crippen molar-refractivity contribution >= 4 is 39.6 Å². The molecule has 1 atom stereocenters. The summed E-state index contributed by atoms with van der Waals surface area (Å²) in [4.78, 5) is 17.8. The SMILES string of the molecule is C[C@H](N)c1cc2cccc(Cl)c2c(=O)n1-c1ccc(-c2cnc3ccnn3c2Cl)cc1. The van der Waals surface area contributed by atoms with Crippen molar-refractivity contribution in [2.75, 3.05) is 0 Å². The zero-order valence-electron chi connectivity index (χ0n) is 16.5. The Kier molecular flexibility index (Phi) is 4.78. The lowest BCUT2D eigenvalue weighted by molar-refractivity contribution is 0.734. The van der Waals surface area contributed by atoms with Crippen LogP contribution in [0.3, 0.4) is 0 Å². The maximum Gasteiger partial charge on any atom is 0.264 e. The number of hydrogen-bond donors (Lipinski definition) is 1. The van der Waals surface area contributed by atoms with Gasteiger partial charge in [0.05, 0.1) is 16.6 Å². The lowest BCUT2D eigenvalue weighted by Gasteiger charge is -2.18. The quantitative estimate of drug-likeness (QED) is 0.391. The van der Waals surface area contributed by atoms with Gasteiger partial charge in [0.15, 0.2) is 5.65 Å². The highest BCUT2D eigenvalue weighted by molar-refractivity contribution is 6.35. The molecule has 2 aromatic carbocycles. The molecule has 0 spiro atoms. The summed E-state index contributed by atoms with van der Waals surface area (Å²) in [6.45, 7) is 1.85. The fraction of sp³-hybridized carbons (Fsp3) is 0.0870. The molecule has 0 amide bonds. The van der Waals surface area contributed by atoms with Gasteiger partial charge >= 0.3 is 0 Å². The Labute approximate surface area is 187 Å². The fourth-order valence-corrected chi connectivity index (χ4v) is 4.32. The molecule has 2 N–H and O–H groups in total. The zero-order chi connectivity index (χ0) is 21.7. The molecule has 0 saturated carbocycles. The molecule has 0 aliphatic rings. The second-order valence-electron chi connectivity index (χ2n) is 7.31. The van der Waals surface area contributed by atoms with E-state index in [1.54, 1.807) is 33.6 Å². The molecule has 0 fully saturated rings. The monoisotopic (exact) mass is 449 g/mol. The van der Waals surface area contributed by atoms with Gasteiger partial charge < -0.3 is 5.73 Å². The van der Waals surface area contributed by atoms with Gasteiger partial charge in [-0.25, -0.2) is 9.50 Å². The van der Waals surface area contributed by atoms with Crippen molar-refractivity contribution in [2.45, 2.75) is 13.0 Å². The van der Waals surface area contributed by atoms with Gasteiger partial charge in [0, 0.05) is 35.2 Å². The van der Waals surface area contributed by atoms with Crippen LogP contribution in [-0.2, 0) is 0 Å². The van der Waals surface area contributed by atoms with Crippen LogP contribution in [-0.4, -0.2) is 19.2 Å². The highest BCUT2D eigenvalue weighted by atomic mass is 35.5. The van der Waals surface area contributed by atoms with Crippen LogP contribution in [0.15, 0.2) is 71.8 Å². The largest absolute Gasteiger partial charge is 0.323 e. The first-order valence-electron chi connectivity index (χ1n) is 9.64.